The number of hydrogen-bond donors (Lipinski definition) is 1. The Labute approximate surface area is 152 Å². The molecule has 26 heavy (non-hydrogen) atoms. The van der Waals surface area contributed by atoms with E-state index < -0.39 is 30.2 Å². The molecule has 4 nitrogen and oxygen atoms in total. The van der Waals surface area contributed by atoms with Gasteiger partial charge in [-0.05, 0) is 48.0 Å². The van der Waals surface area contributed by atoms with E-state index in [-0.39, 0.29) is 5.69 Å². The minimum atomic E-state index is -4.45. The van der Waals surface area contributed by atoms with Gasteiger partial charge in [-0.15, -0.1) is 0 Å². The third-order valence-electron chi connectivity index (χ3n) is 3.10. The van der Waals surface area contributed by atoms with Gasteiger partial charge in [0.25, 0.3) is 5.91 Å². The monoisotopic (exact) mass is 383 g/mol. The second-order valence-corrected chi connectivity index (χ2v) is 5.56. The molecule has 2 aromatic rings. The third-order valence-corrected chi connectivity index (χ3v) is 3.34. The predicted molar refractivity (Wildman–Crippen MR) is 91.5 cm³/mol. The average molecular weight is 384 g/mol. The maximum atomic E-state index is 12.5. The molecule has 0 saturated heterocycles. The summed E-state index contributed by atoms with van der Waals surface area (Å²) >= 11 is 5.81. The number of carbonyl (C=O) groups is 2. The highest BCUT2D eigenvalue weighted by Crippen LogP contribution is 2.29. The first kappa shape index (κ1) is 19.5. The van der Waals surface area contributed by atoms with Gasteiger partial charge in [0.05, 0.1) is 5.56 Å². The van der Waals surface area contributed by atoms with Gasteiger partial charge in [-0.1, -0.05) is 23.7 Å². The van der Waals surface area contributed by atoms with Crippen LogP contribution in [0.25, 0.3) is 6.08 Å². The maximum Gasteiger partial charge on any atom is 0.416 e. The van der Waals surface area contributed by atoms with Crippen LogP contribution in [0.5, 0.6) is 0 Å². The molecule has 0 fully saturated rings. The molecule has 2 aromatic carbocycles. The van der Waals surface area contributed by atoms with E-state index in [1.54, 1.807) is 24.3 Å². The van der Waals surface area contributed by atoms with Gasteiger partial charge < -0.3 is 10.1 Å². The Balaban J connectivity index is 1.82. The van der Waals surface area contributed by atoms with Crippen LogP contribution in [0, 0.1) is 0 Å². The highest BCUT2D eigenvalue weighted by molar-refractivity contribution is 6.30. The van der Waals surface area contributed by atoms with E-state index in [9.17, 15) is 22.8 Å². The summed E-state index contributed by atoms with van der Waals surface area (Å²) in [5, 5.41) is 2.84. The standard InChI is InChI=1S/C18H13ClF3NO3/c19-14-3-1-2-12(10-14)4-9-17(25)26-11-16(24)23-15-7-5-13(6-8-15)18(20,21)22/h1-10H,11H2,(H,23,24)/b9-4+. The van der Waals surface area contributed by atoms with Gasteiger partial charge in [0.1, 0.15) is 0 Å². The van der Waals surface area contributed by atoms with Gasteiger partial charge >= 0.3 is 12.1 Å². The lowest BCUT2D eigenvalue weighted by atomic mass is 10.2. The predicted octanol–water partition coefficient (Wildman–Crippen LogP) is 4.55. The summed E-state index contributed by atoms with van der Waals surface area (Å²) in [5.74, 6) is -1.41. The zero-order valence-corrected chi connectivity index (χ0v) is 14.0. The molecule has 0 aromatic heterocycles. The molecular formula is C18H13ClF3NO3. The highest BCUT2D eigenvalue weighted by atomic mass is 35.5. The van der Waals surface area contributed by atoms with E-state index in [4.69, 9.17) is 16.3 Å². The van der Waals surface area contributed by atoms with Gasteiger partial charge in [-0.25, -0.2) is 4.79 Å². The van der Waals surface area contributed by atoms with Crippen LogP contribution in [0.3, 0.4) is 0 Å². The van der Waals surface area contributed by atoms with Crippen molar-refractivity contribution in [2.45, 2.75) is 6.18 Å². The SMILES string of the molecule is O=C(COC(=O)/C=C/c1cccc(Cl)c1)Nc1ccc(C(F)(F)F)cc1. The van der Waals surface area contributed by atoms with Gasteiger partial charge in [0.2, 0.25) is 0 Å². The molecular weight excluding hydrogens is 371 g/mol. The fourth-order valence-electron chi connectivity index (χ4n) is 1.90. The number of nitrogens with one attached hydrogen (secondary N) is 1. The van der Waals surface area contributed by atoms with Crippen LogP contribution in [0.15, 0.2) is 54.6 Å². The molecule has 0 aliphatic carbocycles. The summed E-state index contributed by atoms with van der Waals surface area (Å²) in [5.41, 5.74) is 0.0188. The molecule has 0 unspecified atom stereocenters. The quantitative estimate of drug-likeness (QED) is 0.608. The highest BCUT2D eigenvalue weighted by Gasteiger charge is 2.29. The fraction of sp³-hybridized carbons (Fsp3) is 0.111. The number of benzene rings is 2. The van der Waals surface area contributed by atoms with Crippen LogP contribution in [0.4, 0.5) is 18.9 Å². The van der Waals surface area contributed by atoms with Gasteiger partial charge in [0.15, 0.2) is 6.61 Å². The van der Waals surface area contributed by atoms with Gasteiger partial charge in [-0.2, -0.15) is 13.2 Å². The number of rotatable bonds is 5. The van der Waals surface area contributed by atoms with Crippen molar-refractivity contribution >= 4 is 35.2 Å². The van der Waals surface area contributed by atoms with E-state index in [1.165, 1.54) is 6.08 Å². The summed E-state index contributed by atoms with van der Waals surface area (Å²) in [4.78, 5) is 23.2. The van der Waals surface area contributed by atoms with Crippen LogP contribution >= 0.6 is 11.6 Å². The first-order valence-electron chi connectivity index (χ1n) is 7.31. The number of esters is 1. The van der Waals surface area contributed by atoms with Crippen LogP contribution < -0.4 is 5.32 Å². The number of anilines is 1. The van der Waals surface area contributed by atoms with E-state index >= 15 is 0 Å². The Morgan fingerprint density at radius 2 is 1.81 bits per heavy atom. The Kier molecular flexibility index (Phi) is 6.41. The molecule has 0 saturated carbocycles. The van der Waals surface area contributed by atoms with Crippen LogP contribution in [0.2, 0.25) is 5.02 Å². The lowest BCUT2D eigenvalue weighted by molar-refractivity contribution is -0.142. The summed E-state index contributed by atoms with van der Waals surface area (Å²) in [6, 6.07) is 10.7. The number of halogens is 4. The van der Waals surface area contributed by atoms with Crippen molar-refractivity contribution in [1.82, 2.24) is 0 Å². The number of amides is 1. The molecule has 0 aliphatic heterocycles. The van der Waals surface area contributed by atoms with E-state index in [2.05, 4.69) is 5.32 Å². The first-order chi connectivity index (χ1) is 12.2. The van der Waals surface area contributed by atoms with Crippen molar-refractivity contribution in [2.75, 3.05) is 11.9 Å². The number of hydrogen-bond acceptors (Lipinski definition) is 3. The van der Waals surface area contributed by atoms with Crippen molar-refractivity contribution in [2.24, 2.45) is 0 Å². The average Bonchev–Trinajstić information content (AvgIpc) is 2.58. The van der Waals surface area contributed by atoms with Crippen molar-refractivity contribution in [3.05, 3.63) is 70.8 Å². The smallest absolute Gasteiger partial charge is 0.416 e. The van der Waals surface area contributed by atoms with Crippen molar-refractivity contribution < 1.29 is 27.5 Å². The van der Waals surface area contributed by atoms with E-state index in [0.717, 1.165) is 30.3 Å². The maximum absolute atomic E-state index is 12.5. The van der Waals surface area contributed by atoms with Crippen molar-refractivity contribution in [3.8, 4) is 0 Å². The molecule has 8 heteroatoms. The minimum Gasteiger partial charge on any atom is -0.452 e. The molecule has 0 bridgehead atoms. The molecule has 0 atom stereocenters. The second-order valence-electron chi connectivity index (χ2n) is 5.12. The zero-order valence-electron chi connectivity index (χ0n) is 13.2. The van der Waals surface area contributed by atoms with Crippen molar-refractivity contribution in [1.29, 1.82) is 0 Å². The molecule has 136 valence electrons. The second kappa shape index (κ2) is 8.53. The summed E-state index contributed by atoms with van der Waals surface area (Å²) < 4.78 is 42.1. The molecule has 2 rings (SSSR count). The zero-order chi connectivity index (χ0) is 19.2. The Hall–Kier alpha value is -2.80. The normalized spacial score (nSPS) is 11.4. The minimum absolute atomic E-state index is 0.161. The lowest BCUT2D eigenvalue weighted by Crippen LogP contribution is -2.20. The number of ether oxygens (including phenoxy) is 1. The fourth-order valence-corrected chi connectivity index (χ4v) is 2.10. The lowest BCUT2D eigenvalue weighted by Gasteiger charge is -2.08. The Bertz CT molecular complexity index is 817. The Morgan fingerprint density at radius 1 is 1.12 bits per heavy atom. The Morgan fingerprint density at radius 3 is 2.42 bits per heavy atom. The van der Waals surface area contributed by atoms with E-state index in [1.807, 2.05) is 0 Å². The van der Waals surface area contributed by atoms with Crippen LogP contribution in [-0.4, -0.2) is 18.5 Å². The third kappa shape index (κ3) is 6.25. The topological polar surface area (TPSA) is 55.4 Å². The summed E-state index contributed by atoms with van der Waals surface area (Å²) in [7, 11) is 0. The largest absolute Gasteiger partial charge is 0.452 e. The van der Waals surface area contributed by atoms with Crippen LogP contribution in [0.1, 0.15) is 11.1 Å². The van der Waals surface area contributed by atoms with Gasteiger partial charge in [0, 0.05) is 16.8 Å². The molecule has 0 radical (unpaired) electrons. The summed E-state index contributed by atoms with van der Waals surface area (Å²) in [6.45, 7) is -0.570. The number of alkyl halides is 3. The first-order valence-corrected chi connectivity index (χ1v) is 7.69. The molecule has 1 N–H and O–H groups in total. The van der Waals surface area contributed by atoms with Crippen molar-refractivity contribution in [3.63, 3.8) is 0 Å². The molecule has 1 amide bonds. The summed E-state index contributed by atoms with van der Waals surface area (Å²) in [6.07, 6.45) is -1.84. The van der Waals surface area contributed by atoms with Crippen LogP contribution in [-0.2, 0) is 20.5 Å². The molecule has 0 spiro atoms. The van der Waals surface area contributed by atoms with Gasteiger partial charge in [-0.3, -0.25) is 4.79 Å². The number of carbonyl (C=O) groups excluding carboxylic acids is 2. The van der Waals surface area contributed by atoms with E-state index in [0.29, 0.717) is 10.6 Å². The molecule has 0 heterocycles. The molecule has 0 aliphatic rings.